The first-order valence-corrected chi connectivity index (χ1v) is 8.32. The van der Waals surface area contributed by atoms with E-state index in [0.717, 1.165) is 6.42 Å². The fourth-order valence-corrected chi connectivity index (χ4v) is 2.25. The zero-order valence-electron chi connectivity index (χ0n) is 13.8. The Labute approximate surface area is 152 Å². The predicted molar refractivity (Wildman–Crippen MR) is 94.7 cm³/mol. The van der Waals surface area contributed by atoms with Gasteiger partial charge in [-0.1, -0.05) is 30.1 Å². The summed E-state index contributed by atoms with van der Waals surface area (Å²) in [5.74, 6) is -0.599. The van der Waals surface area contributed by atoms with Crippen molar-refractivity contribution in [3.05, 3.63) is 28.2 Å². The Bertz CT molecular complexity index is 555. The molecule has 1 N–H and O–H groups in total. The van der Waals surface area contributed by atoms with E-state index in [0.29, 0.717) is 35.5 Å². The molecule has 0 radical (unpaired) electrons. The zero-order valence-corrected chi connectivity index (χ0v) is 15.3. The maximum absolute atomic E-state index is 12.2. The van der Waals surface area contributed by atoms with Crippen LogP contribution in [0, 0.1) is 0 Å². The number of halogens is 2. The second-order valence-electron chi connectivity index (χ2n) is 5.03. The lowest BCUT2D eigenvalue weighted by atomic mass is 10.3. The van der Waals surface area contributed by atoms with Crippen LogP contribution in [0.2, 0.25) is 10.0 Å². The summed E-state index contributed by atoms with van der Waals surface area (Å²) in [5.41, 5.74) is 0.411. The first kappa shape index (κ1) is 20.7. The lowest BCUT2D eigenvalue weighted by molar-refractivity contribution is -0.139. The summed E-state index contributed by atoms with van der Waals surface area (Å²) in [6.45, 7) is 2.96. The quantitative estimate of drug-likeness (QED) is 0.637. The molecular formula is C16H22Cl2N2O4. The molecule has 0 aliphatic heterocycles. The molecule has 0 atom stereocenters. The molecule has 0 saturated carbocycles. The third kappa shape index (κ3) is 7.49. The van der Waals surface area contributed by atoms with Crippen molar-refractivity contribution in [2.24, 2.45) is 0 Å². The number of rotatable bonds is 10. The molecule has 0 aliphatic carbocycles. The molecule has 1 aromatic carbocycles. The maximum atomic E-state index is 12.2. The smallest absolute Gasteiger partial charge is 0.249 e. The Kier molecular flexibility index (Phi) is 9.71. The molecule has 0 fully saturated rings. The van der Waals surface area contributed by atoms with Crippen molar-refractivity contribution in [3.8, 4) is 0 Å². The second kappa shape index (κ2) is 11.3. The highest BCUT2D eigenvalue weighted by Gasteiger charge is 2.17. The molecular weight excluding hydrogens is 355 g/mol. The predicted octanol–water partition coefficient (Wildman–Crippen LogP) is 2.83. The van der Waals surface area contributed by atoms with Gasteiger partial charge in [-0.05, 0) is 24.6 Å². The fourth-order valence-electron chi connectivity index (χ4n) is 1.91. The minimum atomic E-state index is -0.349. The molecule has 2 amide bonds. The van der Waals surface area contributed by atoms with Gasteiger partial charge in [-0.2, -0.15) is 0 Å². The van der Waals surface area contributed by atoms with Gasteiger partial charge in [0.25, 0.3) is 0 Å². The second-order valence-corrected chi connectivity index (χ2v) is 5.88. The van der Waals surface area contributed by atoms with E-state index in [1.165, 1.54) is 4.90 Å². The van der Waals surface area contributed by atoms with Crippen LogP contribution < -0.4 is 5.32 Å². The topological polar surface area (TPSA) is 67.9 Å². The summed E-state index contributed by atoms with van der Waals surface area (Å²) in [4.78, 5) is 25.8. The molecule has 6 nitrogen and oxygen atoms in total. The van der Waals surface area contributed by atoms with Crippen LogP contribution in [0.4, 0.5) is 5.69 Å². The van der Waals surface area contributed by atoms with Crippen molar-refractivity contribution in [1.29, 1.82) is 0 Å². The fraction of sp³-hybridized carbons (Fsp3) is 0.500. The summed E-state index contributed by atoms with van der Waals surface area (Å²) in [6.07, 6.45) is 0.731. The highest BCUT2D eigenvalue weighted by atomic mass is 35.5. The van der Waals surface area contributed by atoms with E-state index in [1.54, 1.807) is 25.3 Å². The third-order valence-electron chi connectivity index (χ3n) is 3.04. The molecule has 0 unspecified atom stereocenters. The van der Waals surface area contributed by atoms with Gasteiger partial charge in [0.15, 0.2) is 0 Å². The van der Waals surface area contributed by atoms with Gasteiger partial charge in [-0.15, -0.1) is 0 Å². The highest BCUT2D eigenvalue weighted by molar-refractivity contribution is 6.35. The molecule has 8 heteroatoms. The molecule has 0 saturated heterocycles. The van der Waals surface area contributed by atoms with Gasteiger partial charge >= 0.3 is 0 Å². The van der Waals surface area contributed by atoms with Gasteiger partial charge in [-0.3, -0.25) is 9.59 Å². The van der Waals surface area contributed by atoms with Crippen molar-refractivity contribution >= 4 is 40.7 Å². The van der Waals surface area contributed by atoms with E-state index in [4.69, 9.17) is 32.7 Å². The van der Waals surface area contributed by atoms with E-state index < -0.39 is 0 Å². The molecule has 0 spiro atoms. The summed E-state index contributed by atoms with van der Waals surface area (Å²) >= 11 is 11.9. The number of benzene rings is 1. The van der Waals surface area contributed by atoms with Gasteiger partial charge in [-0.25, -0.2) is 0 Å². The number of hydrogen-bond acceptors (Lipinski definition) is 4. The van der Waals surface area contributed by atoms with E-state index in [9.17, 15) is 9.59 Å². The Morgan fingerprint density at radius 3 is 2.67 bits per heavy atom. The van der Waals surface area contributed by atoms with E-state index >= 15 is 0 Å². The number of anilines is 1. The molecule has 1 rings (SSSR count). The number of carbonyl (C=O) groups excluding carboxylic acids is 2. The number of ether oxygens (including phenoxy) is 2. The van der Waals surface area contributed by atoms with Crippen LogP contribution in [-0.2, 0) is 19.1 Å². The van der Waals surface area contributed by atoms with Crippen molar-refractivity contribution in [3.63, 3.8) is 0 Å². The molecule has 1 aromatic rings. The van der Waals surface area contributed by atoms with Crippen LogP contribution in [-0.4, -0.2) is 56.7 Å². The molecule has 0 bridgehead atoms. The standard InChI is InChI=1S/C16H22Cl2N2O4/c1-3-6-20(16(22)11-24-8-7-23-2)10-15(21)19-14-9-12(17)4-5-13(14)18/h4-5,9H,3,6-8,10-11H2,1-2H3,(H,19,21). The number of nitrogens with one attached hydrogen (secondary N) is 1. The van der Waals surface area contributed by atoms with E-state index in [-0.39, 0.29) is 25.0 Å². The number of nitrogens with zero attached hydrogens (tertiary/aromatic N) is 1. The Morgan fingerprint density at radius 1 is 1.25 bits per heavy atom. The van der Waals surface area contributed by atoms with Crippen molar-refractivity contribution in [1.82, 2.24) is 4.90 Å². The molecule has 0 heterocycles. The van der Waals surface area contributed by atoms with E-state index in [1.807, 2.05) is 6.92 Å². The highest BCUT2D eigenvalue weighted by Crippen LogP contribution is 2.25. The summed E-state index contributed by atoms with van der Waals surface area (Å²) in [7, 11) is 1.56. The lowest BCUT2D eigenvalue weighted by Crippen LogP contribution is -2.40. The maximum Gasteiger partial charge on any atom is 0.249 e. The molecule has 0 aromatic heterocycles. The molecule has 24 heavy (non-hydrogen) atoms. The SMILES string of the molecule is CCCN(CC(=O)Nc1cc(Cl)ccc1Cl)C(=O)COCCOC. The monoisotopic (exact) mass is 376 g/mol. The number of hydrogen-bond donors (Lipinski definition) is 1. The normalized spacial score (nSPS) is 10.5. The van der Waals surface area contributed by atoms with Crippen LogP contribution in [0.1, 0.15) is 13.3 Å². The van der Waals surface area contributed by atoms with Gasteiger partial charge in [0.1, 0.15) is 6.61 Å². The summed E-state index contributed by atoms with van der Waals surface area (Å²) in [5, 5.41) is 3.50. The first-order chi connectivity index (χ1) is 11.5. The largest absolute Gasteiger partial charge is 0.382 e. The van der Waals surface area contributed by atoms with Crippen LogP contribution in [0.5, 0.6) is 0 Å². The zero-order chi connectivity index (χ0) is 17.9. The minimum Gasteiger partial charge on any atom is -0.382 e. The van der Waals surface area contributed by atoms with Gasteiger partial charge in [0, 0.05) is 18.7 Å². The minimum absolute atomic E-state index is 0.0802. The van der Waals surface area contributed by atoms with Gasteiger partial charge < -0.3 is 19.7 Å². The number of amides is 2. The lowest BCUT2D eigenvalue weighted by Gasteiger charge is -2.21. The molecule has 134 valence electrons. The first-order valence-electron chi connectivity index (χ1n) is 7.57. The Balaban J connectivity index is 2.58. The molecule has 0 aliphatic rings. The Morgan fingerprint density at radius 2 is 2.00 bits per heavy atom. The van der Waals surface area contributed by atoms with Gasteiger partial charge in [0.2, 0.25) is 11.8 Å². The summed E-state index contributed by atoms with van der Waals surface area (Å²) < 4.78 is 10.1. The van der Waals surface area contributed by atoms with Gasteiger partial charge in [0.05, 0.1) is 30.5 Å². The summed E-state index contributed by atoms with van der Waals surface area (Å²) in [6, 6.07) is 4.78. The van der Waals surface area contributed by atoms with Crippen molar-refractivity contribution in [2.75, 3.05) is 45.3 Å². The Hall–Kier alpha value is -1.34. The van der Waals surface area contributed by atoms with Crippen molar-refractivity contribution in [2.45, 2.75) is 13.3 Å². The average Bonchev–Trinajstić information content (AvgIpc) is 2.54. The number of methoxy groups -OCH3 is 1. The third-order valence-corrected chi connectivity index (χ3v) is 3.61. The van der Waals surface area contributed by atoms with Crippen LogP contribution in [0.25, 0.3) is 0 Å². The number of carbonyl (C=O) groups is 2. The van der Waals surface area contributed by atoms with E-state index in [2.05, 4.69) is 5.32 Å². The van der Waals surface area contributed by atoms with Crippen LogP contribution in [0.3, 0.4) is 0 Å². The van der Waals surface area contributed by atoms with Crippen LogP contribution in [0.15, 0.2) is 18.2 Å². The van der Waals surface area contributed by atoms with Crippen molar-refractivity contribution < 1.29 is 19.1 Å². The average molecular weight is 377 g/mol. The van der Waals surface area contributed by atoms with Crippen LogP contribution >= 0.6 is 23.2 Å².